The molecule has 0 aliphatic carbocycles. The normalized spacial score (nSPS) is 17.3. The molecule has 2 aromatic rings. The van der Waals surface area contributed by atoms with Gasteiger partial charge in [-0.05, 0) is 45.0 Å². The van der Waals surface area contributed by atoms with E-state index in [2.05, 4.69) is 16.0 Å². The van der Waals surface area contributed by atoms with Crippen LogP contribution in [-0.2, 0) is 6.54 Å². The third-order valence-corrected chi connectivity index (χ3v) is 3.14. The van der Waals surface area contributed by atoms with Crippen molar-refractivity contribution in [3.05, 3.63) is 29.7 Å². The minimum atomic E-state index is 0.903. The molecule has 3 heterocycles. The van der Waals surface area contributed by atoms with Crippen LogP contribution < -0.4 is 0 Å². The Morgan fingerprint density at radius 1 is 1.31 bits per heavy atom. The van der Waals surface area contributed by atoms with E-state index in [0.717, 1.165) is 29.1 Å². The van der Waals surface area contributed by atoms with Crippen LogP contribution in [0, 0.1) is 6.92 Å². The first-order valence-electron chi connectivity index (χ1n) is 5.90. The molecule has 0 saturated carbocycles. The summed E-state index contributed by atoms with van der Waals surface area (Å²) in [7, 11) is 0. The lowest BCUT2D eigenvalue weighted by Gasteiger charge is -2.11. The molecular weight excluding hydrogens is 200 g/mol. The first-order chi connectivity index (χ1) is 7.81. The molecule has 1 aliphatic rings. The summed E-state index contributed by atoms with van der Waals surface area (Å²) in [5.74, 6) is 1.04. The van der Waals surface area contributed by atoms with E-state index in [1.807, 2.05) is 19.1 Å². The lowest BCUT2D eigenvalue weighted by molar-refractivity contribution is 0.302. The highest BCUT2D eigenvalue weighted by Gasteiger charge is 2.14. The molecule has 3 rings (SSSR count). The maximum Gasteiger partial charge on any atom is 0.152 e. The summed E-state index contributed by atoms with van der Waals surface area (Å²) < 4.78 is 5.78. The van der Waals surface area contributed by atoms with Gasteiger partial charge in [0.25, 0.3) is 0 Å². The Bertz CT molecular complexity index is 498. The van der Waals surface area contributed by atoms with Gasteiger partial charge < -0.3 is 4.42 Å². The number of rotatable bonds is 2. The molecule has 0 bridgehead atoms. The molecule has 1 aliphatic heterocycles. The molecule has 0 aromatic carbocycles. The minimum Gasteiger partial charge on any atom is -0.458 e. The van der Waals surface area contributed by atoms with Crippen molar-refractivity contribution in [3.8, 4) is 0 Å². The predicted molar refractivity (Wildman–Crippen MR) is 63.3 cm³/mol. The number of hydrogen-bond donors (Lipinski definition) is 0. The second kappa shape index (κ2) is 3.91. The largest absolute Gasteiger partial charge is 0.458 e. The molecule has 0 amide bonds. The second-order valence-electron chi connectivity index (χ2n) is 4.53. The van der Waals surface area contributed by atoms with Gasteiger partial charge in [-0.3, -0.25) is 4.90 Å². The van der Waals surface area contributed by atoms with E-state index in [9.17, 15) is 0 Å². The van der Waals surface area contributed by atoms with Crippen LogP contribution in [0.5, 0.6) is 0 Å². The fraction of sp³-hybridized carbons (Fsp3) is 0.462. The molecule has 0 atom stereocenters. The average Bonchev–Trinajstić information content (AvgIpc) is 2.86. The second-order valence-corrected chi connectivity index (χ2v) is 4.53. The van der Waals surface area contributed by atoms with E-state index >= 15 is 0 Å². The molecular formula is C13H16N2O. The molecule has 84 valence electrons. The van der Waals surface area contributed by atoms with Gasteiger partial charge in [0.2, 0.25) is 0 Å². The molecule has 0 unspecified atom stereocenters. The zero-order valence-corrected chi connectivity index (χ0v) is 9.57. The van der Waals surface area contributed by atoms with Gasteiger partial charge in [0.05, 0.1) is 6.54 Å². The Labute approximate surface area is 95.1 Å². The number of furan rings is 1. The number of aryl methyl sites for hydroxylation is 1. The zero-order valence-electron chi connectivity index (χ0n) is 9.57. The van der Waals surface area contributed by atoms with E-state index in [4.69, 9.17) is 4.42 Å². The topological polar surface area (TPSA) is 29.3 Å². The Morgan fingerprint density at radius 2 is 2.12 bits per heavy atom. The number of nitrogens with zero attached hydrogens (tertiary/aromatic N) is 2. The highest BCUT2D eigenvalue weighted by atomic mass is 16.3. The van der Waals surface area contributed by atoms with Crippen molar-refractivity contribution in [2.75, 3.05) is 13.1 Å². The molecule has 1 saturated heterocycles. The smallest absolute Gasteiger partial charge is 0.152 e. The Morgan fingerprint density at radius 3 is 2.94 bits per heavy atom. The predicted octanol–water partition coefficient (Wildman–Crippen LogP) is 2.73. The first-order valence-corrected chi connectivity index (χ1v) is 5.90. The summed E-state index contributed by atoms with van der Waals surface area (Å²) in [4.78, 5) is 6.89. The number of likely N-dealkylation sites (tertiary alicyclic amines) is 1. The van der Waals surface area contributed by atoms with Crippen molar-refractivity contribution in [3.63, 3.8) is 0 Å². The highest BCUT2D eigenvalue weighted by molar-refractivity contribution is 5.73. The van der Waals surface area contributed by atoms with Crippen molar-refractivity contribution in [1.82, 2.24) is 9.88 Å². The van der Waals surface area contributed by atoms with E-state index in [1.165, 1.54) is 25.9 Å². The van der Waals surface area contributed by atoms with Gasteiger partial charge in [0, 0.05) is 11.8 Å². The van der Waals surface area contributed by atoms with Crippen molar-refractivity contribution >= 4 is 11.1 Å². The lowest BCUT2D eigenvalue weighted by Crippen LogP contribution is -2.17. The van der Waals surface area contributed by atoms with Crippen LogP contribution in [-0.4, -0.2) is 23.0 Å². The van der Waals surface area contributed by atoms with Crippen LogP contribution in [0.1, 0.15) is 24.3 Å². The lowest BCUT2D eigenvalue weighted by atomic mass is 10.3. The summed E-state index contributed by atoms with van der Waals surface area (Å²) in [6.45, 7) is 5.33. The molecule has 2 aromatic heterocycles. The molecule has 16 heavy (non-hydrogen) atoms. The van der Waals surface area contributed by atoms with Gasteiger partial charge in [-0.15, -0.1) is 0 Å². The van der Waals surface area contributed by atoms with Crippen LogP contribution in [0.3, 0.4) is 0 Å². The summed E-state index contributed by atoms with van der Waals surface area (Å²) >= 11 is 0. The van der Waals surface area contributed by atoms with Crippen LogP contribution >= 0.6 is 0 Å². The monoisotopic (exact) mass is 216 g/mol. The molecule has 0 N–H and O–H groups in total. The average molecular weight is 216 g/mol. The van der Waals surface area contributed by atoms with Gasteiger partial charge >= 0.3 is 0 Å². The Kier molecular flexibility index (Phi) is 2.40. The van der Waals surface area contributed by atoms with E-state index in [1.54, 1.807) is 0 Å². The Balaban J connectivity index is 1.86. The number of aromatic nitrogens is 1. The maximum absolute atomic E-state index is 5.78. The van der Waals surface area contributed by atoms with Gasteiger partial charge in [0.15, 0.2) is 5.58 Å². The van der Waals surface area contributed by atoms with E-state index in [0.29, 0.717) is 0 Å². The van der Waals surface area contributed by atoms with Gasteiger partial charge in [0.1, 0.15) is 11.3 Å². The number of pyridine rings is 1. The summed E-state index contributed by atoms with van der Waals surface area (Å²) in [5.41, 5.74) is 2.93. The third-order valence-electron chi connectivity index (χ3n) is 3.14. The number of fused-ring (bicyclic) bond motifs is 1. The fourth-order valence-electron chi connectivity index (χ4n) is 2.32. The van der Waals surface area contributed by atoms with E-state index in [-0.39, 0.29) is 0 Å². The summed E-state index contributed by atoms with van der Waals surface area (Å²) in [6, 6.07) is 6.07. The van der Waals surface area contributed by atoms with Crippen LogP contribution in [0.2, 0.25) is 0 Å². The molecule has 1 fully saturated rings. The fourth-order valence-corrected chi connectivity index (χ4v) is 2.32. The third kappa shape index (κ3) is 1.83. The van der Waals surface area contributed by atoms with E-state index < -0.39 is 0 Å². The quantitative estimate of drug-likeness (QED) is 0.773. The maximum atomic E-state index is 5.78. The number of hydrogen-bond acceptors (Lipinski definition) is 3. The summed E-state index contributed by atoms with van der Waals surface area (Å²) in [5, 5.41) is 0. The van der Waals surface area contributed by atoms with Gasteiger partial charge in [-0.1, -0.05) is 0 Å². The minimum absolute atomic E-state index is 0.903. The van der Waals surface area contributed by atoms with Crippen LogP contribution in [0.25, 0.3) is 11.1 Å². The standard InChI is InChI=1S/C13H16N2O/c1-10-4-5-13-12(14-10)8-11(16-13)9-15-6-2-3-7-15/h4-5,8H,2-3,6-7,9H2,1H3. The first kappa shape index (κ1) is 9.85. The van der Waals surface area contributed by atoms with Crippen LogP contribution in [0.4, 0.5) is 0 Å². The van der Waals surface area contributed by atoms with Gasteiger partial charge in [-0.2, -0.15) is 0 Å². The molecule has 0 spiro atoms. The highest BCUT2D eigenvalue weighted by Crippen LogP contribution is 2.20. The van der Waals surface area contributed by atoms with Crippen molar-refractivity contribution < 1.29 is 4.42 Å². The van der Waals surface area contributed by atoms with Gasteiger partial charge in [-0.25, -0.2) is 4.98 Å². The van der Waals surface area contributed by atoms with Crippen molar-refractivity contribution in [1.29, 1.82) is 0 Å². The van der Waals surface area contributed by atoms with Crippen molar-refractivity contribution in [2.45, 2.75) is 26.3 Å². The Hall–Kier alpha value is -1.35. The molecule has 3 nitrogen and oxygen atoms in total. The summed E-state index contributed by atoms with van der Waals surface area (Å²) in [6.07, 6.45) is 2.63. The van der Waals surface area contributed by atoms with Crippen molar-refractivity contribution in [2.24, 2.45) is 0 Å². The van der Waals surface area contributed by atoms with Crippen LogP contribution in [0.15, 0.2) is 22.6 Å². The zero-order chi connectivity index (χ0) is 11.0. The molecule has 3 heteroatoms. The molecule has 0 radical (unpaired) electrons. The SMILES string of the molecule is Cc1ccc2oc(CN3CCCC3)cc2n1.